The summed E-state index contributed by atoms with van der Waals surface area (Å²) in [7, 11) is 0. The fraction of sp³-hybridized carbons (Fsp3) is 0.0667. The van der Waals surface area contributed by atoms with Gasteiger partial charge in [-0.15, -0.1) is 10.2 Å². The zero-order chi connectivity index (χ0) is 48.7. The van der Waals surface area contributed by atoms with Gasteiger partial charge in [-0.25, -0.2) is 0 Å². The van der Waals surface area contributed by atoms with Gasteiger partial charge in [0.25, 0.3) is 11.8 Å². The number of hydrogen-bond donors (Lipinski definition) is 4. The lowest BCUT2D eigenvalue weighted by Crippen LogP contribution is -2.13. The van der Waals surface area contributed by atoms with E-state index in [4.69, 9.17) is 0 Å². The number of anilines is 2. The molecule has 10 nitrogen and oxygen atoms in total. The van der Waals surface area contributed by atoms with Gasteiger partial charge in [0.1, 0.15) is 11.4 Å². The van der Waals surface area contributed by atoms with Gasteiger partial charge >= 0.3 is 0 Å². The number of nitrogens with zero attached hydrogens (tertiary/aromatic N) is 4. The number of aromatic hydroxyl groups is 2. The molecule has 342 valence electrons. The molecule has 70 heavy (non-hydrogen) atoms. The van der Waals surface area contributed by atoms with E-state index in [9.17, 15) is 19.8 Å². The van der Waals surface area contributed by atoms with E-state index in [1.165, 1.54) is 0 Å². The summed E-state index contributed by atoms with van der Waals surface area (Å²) in [6.45, 7) is 7.85. The van der Waals surface area contributed by atoms with Gasteiger partial charge in [0.2, 0.25) is 0 Å². The van der Waals surface area contributed by atoms with E-state index in [2.05, 4.69) is 55.4 Å². The monoisotopic (exact) mass is 916 g/mol. The molecule has 0 aliphatic heterocycles. The minimum atomic E-state index is -0.437. The van der Waals surface area contributed by atoms with Crippen LogP contribution in [0, 0.1) is 27.7 Å². The molecule has 0 atom stereocenters. The predicted molar refractivity (Wildman–Crippen MR) is 284 cm³/mol. The summed E-state index contributed by atoms with van der Waals surface area (Å²) in [5.41, 5.74) is 11.2. The highest BCUT2D eigenvalue weighted by molar-refractivity contribution is 6.13. The molecule has 0 heterocycles. The lowest BCUT2D eigenvalue weighted by Gasteiger charge is -2.12. The first-order chi connectivity index (χ1) is 33.9. The Morgan fingerprint density at radius 1 is 0.414 bits per heavy atom. The van der Waals surface area contributed by atoms with Crippen molar-refractivity contribution in [1.82, 2.24) is 0 Å². The number of amides is 2. The number of phenols is 2. The summed E-state index contributed by atoms with van der Waals surface area (Å²) in [4.78, 5) is 26.8. The fourth-order valence-corrected chi connectivity index (χ4v) is 8.09. The van der Waals surface area contributed by atoms with Gasteiger partial charge in [0.15, 0.2) is 11.5 Å². The quantitative estimate of drug-likeness (QED) is 0.0713. The summed E-state index contributed by atoms with van der Waals surface area (Å²) in [6, 6.07) is 53.2. The fourth-order valence-electron chi connectivity index (χ4n) is 8.09. The molecular formula is C60H48N6O4. The van der Waals surface area contributed by atoms with Crippen molar-refractivity contribution in [2.75, 3.05) is 10.6 Å². The van der Waals surface area contributed by atoms with E-state index in [-0.39, 0.29) is 34.0 Å². The summed E-state index contributed by atoms with van der Waals surface area (Å²) in [5.74, 6) is -1.36. The second kappa shape index (κ2) is 20.3. The molecule has 0 aromatic heterocycles. The number of fused-ring (bicyclic) bond motifs is 2. The van der Waals surface area contributed by atoms with Crippen LogP contribution in [0.5, 0.6) is 11.5 Å². The largest absolute Gasteiger partial charge is 0.505 e. The first kappa shape index (κ1) is 45.9. The average Bonchev–Trinajstić information content (AvgIpc) is 3.36. The SMILES string of the molecule is Cc1ccc(NC(=O)c2cc3ccccc3c(N=Nc3ccc(/C=C/c4ccc(/C=C/c5ccc(N=Nc6c(O)c(C(=O)Nc7ccc(C)cc7C)cc7ccccc67)cc5)cc4)cc3)c2O)c(C)c1. The Hall–Kier alpha value is -9.28. The van der Waals surface area contributed by atoms with E-state index >= 15 is 0 Å². The Labute approximate surface area is 405 Å². The molecule has 0 fully saturated rings. The molecule has 0 aliphatic carbocycles. The second-order valence-electron chi connectivity index (χ2n) is 17.1. The highest BCUT2D eigenvalue weighted by Gasteiger charge is 2.21. The molecular weight excluding hydrogens is 869 g/mol. The summed E-state index contributed by atoms with van der Waals surface area (Å²) in [5, 5.41) is 49.2. The van der Waals surface area contributed by atoms with Crippen molar-refractivity contribution in [2.45, 2.75) is 27.7 Å². The average molecular weight is 917 g/mol. The van der Waals surface area contributed by atoms with E-state index in [0.29, 0.717) is 33.5 Å². The second-order valence-corrected chi connectivity index (χ2v) is 17.1. The highest BCUT2D eigenvalue weighted by atomic mass is 16.3. The lowest BCUT2D eigenvalue weighted by atomic mass is 10.0. The first-order valence-corrected chi connectivity index (χ1v) is 22.7. The smallest absolute Gasteiger partial charge is 0.259 e. The van der Waals surface area contributed by atoms with Gasteiger partial charge in [-0.1, -0.05) is 157 Å². The number of carbonyl (C=O) groups excluding carboxylic acids is 2. The maximum Gasteiger partial charge on any atom is 0.259 e. The van der Waals surface area contributed by atoms with Crippen LogP contribution in [0.1, 0.15) is 65.2 Å². The van der Waals surface area contributed by atoms with Gasteiger partial charge in [-0.3, -0.25) is 9.59 Å². The van der Waals surface area contributed by atoms with Crippen LogP contribution in [-0.4, -0.2) is 22.0 Å². The van der Waals surface area contributed by atoms with Crippen molar-refractivity contribution in [3.05, 3.63) is 225 Å². The molecule has 0 saturated heterocycles. The lowest BCUT2D eigenvalue weighted by molar-refractivity contribution is 0.101. The Balaban J connectivity index is 0.827. The van der Waals surface area contributed by atoms with E-state index in [1.54, 1.807) is 12.1 Å². The van der Waals surface area contributed by atoms with Crippen LogP contribution in [0.2, 0.25) is 0 Å². The van der Waals surface area contributed by atoms with E-state index < -0.39 is 11.8 Å². The molecule has 0 aliphatic rings. The van der Waals surface area contributed by atoms with Gasteiger partial charge in [0, 0.05) is 22.1 Å². The number of phenolic OH excluding ortho intramolecular Hbond substituents is 2. The standard InChI is InChI=1S/C60H48N6O4/c1-37-13-31-53(39(3)33-37)61-59(69)51-35-45-9-5-7-11-49(45)55(57(51)67)65-63-47-27-23-43(24-28-47)21-19-41-15-17-42(18-16-41)20-22-44-25-29-48(30-26-44)64-66-56-50-12-8-6-10-46(50)36-52(58(56)68)60(70)62-54-32-14-38(2)34-40(54)4/h5-36,67-68H,1-4H3,(H,61,69)(H,62,70)/b21-19+,22-20+,65-63?,66-64?. The summed E-state index contributed by atoms with van der Waals surface area (Å²) >= 11 is 0. The molecule has 4 N–H and O–H groups in total. The Bertz CT molecular complexity index is 3340. The third kappa shape index (κ3) is 10.5. The molecule has 0 bridgehead atoms. The van der Waals surface area contributed by atoms with Crippen LogP contribution < -0.4 is 10.6 Å². The minimum absolute atomic E-state index is 0.110. The van der Waals surface area contributed by atoms with Crippen LogP contribution in [0.25, 0.3) is 45.8 Å². The maximum absolute atomic E-state index is 13.4. The van der Waals surface area contributed by atoms with Crippen LogP contribution in [0.3, 0.4) is 0 Å². The molecule has 0 saturated carbocycles. The van der Waals surface area contributed by atoms with E-state index in [0.717, 1.165) is 55.3 Å². The van der Waals surface area contributed by atoms with E-state index in [1.807, 2.05) is 185 Å². The van der Waals surface area contributed by atoms with Crippen LogP contribution >= 0.6 is 0 Å². The minimum Gasteiger partial charge on any atom is -0.505 e. The van der Waals surface area contributed by atoms with Crippen molar-refractivity contribution in [2.24, 2.45) is 20.5 Å². The van der Waals surface area contributed by atoms with Crippen LogP contribution in [0.15, 0.2) is 190 Å². The number of nitrogens with one attached hydrogen (secondary N) is 2. The third-order valence-electron chi connectivity index (χ3n) is 11.9. The molecule has 0 spiro atoms. The van der Waals surface area contributed by atoms with Crippen molar-refractivity contribution >= 4 is 91.8 Å². The zero-order valence-corrected chi connectivity index (χ0v) is 39.0. The predicted octanol–water partition coefficient (Wildman–Crippen LogP) is 16.3. The molecule has 0 radical (unpaired) electrons. The summed E-state index contributed by atoms with van der Waals surface area (Å²) < 4.78 is 0. The molecule has 10 heteroatoms. The van der Waals surface area contributed by atoms with Crippen molar-refractivity contribution in [3.8, 4) is 11.5 Å². The zero-order valence-electron chi connectivity index (χ0n) is 39.0. The van der Waals surface area contributed by atoms with Gasteiger partial charge in [-0.05, 0) is 120 Å². The molecule has 9 rings (SSSR count). The van der Waals surface area contributed by atoms with Crippen molar-refractivity contribution in [1.29, 1.82) is 0 Å². The molecule has 9 aromatic rings. The molecule has 9 aromatic carbocycles. The molecule has 0 unspecified atom stereocenters. The number of rotatable bonds is 12. The van der Waals surface area contributed by atoms with Crippen molar-refractivity contribution < 1.29 is 19.8 Å². The highest BCUT2D eigenvalue weighted by Crippen LogP contribution is 2.41. The Morgan fingerprint density at radius 3 is 1.11 bits per heavy atom. The van der Waals surface area contributed by atoms with Crippen LogP contribution in [0.4, 0.5) is 34.1 Å². The number of azo groups is 2. The Kier molecular flexibility index (Phi) is 13.3. The number of benzene rings is 9. The van der Waals surface area contributed by atoms with Gasteiger partial charge < -0.3 is 20.8 Å². The first-order valence-electron chi connectivity index (χ1n) is 22.7. The number of carbonyl (C=O) groups is 2. The maximum atomic E-state index is 13.4. The summed E-state index contributed by atoms with van der Waals surface area (Å²) in [6.07, 6.45) is 8.12. The number of hydrogen-bond acceptors (Lipinski definition) is 8. The third-order valence-corrected chi connectivity index (χ3v) is 11.9. The topological polar surface area (TPSA) is 148 Å². The number of aryl methyl sites for hydroxylation is 4. The van der Waals surface area contributed by atoms with Gasteiger partial charge in [-0.2, -0.15) is 10.2 Å². The molecule has 2 amide bonds. The van der Waals surface area contributed by atoms with Crippen molar-refractivity contribution in [3.63, 3.8) is 0 Å². The van der Waals surface area contributed by atoms with Gasteiger partial charge in [0.05, 0.1) is 22.5 Å². The Morgan fingerprint density at radius 2 is 0.757 bits per heavy atom. The van der Waals surface area contributed by atoms with Crippen LogP contribution in [-0.2, 0) is 0 Å². The normalized spacial score (nSPS) is 11.7.